The van der Waals surface area contributed by atoms with E-state index in [-0.39, 0.29) is 5.69 Å². The highest BCUT2D eigenvalue weighted by Gasteiger charge is 2.02. The van der Waals surface area contributed by atoms with Crippen LogP contribution in [0.25, 0.3) is 0 Å². The third-order valence-electron chi connectivity index (χ3n) is 1.90. The number of ether oxygens (including phenoxy) is 1. The normalized spacial score (nSPS) is 9.75. The molecule has 0 radical (unpaired) electrons. The van der Waals surface area contributed by atoms with Gasteiger partial charge in [-0.1, -0.05) is 0 Å². The SMILES string of the molecule is CCn1cc(Oc2cnc(C#N)cn2)cn1. The Kier molecular flexibility index (Phi) is 2.78. The lowest BCUT2D eigenvalue weighted by Crippen LogP contribution is -1.92. The van der Waals surface area contributed by atoms with Gasteiger partial charge in [0.05, 0.1) is 24.8 Å². The summed E-state index contributed by atoms with van der Waals surface area (Å²) in [6, 6.07) is 1.89. The number of nitriles is 1. The average Bonchev–Trinajstić information content (AvgIpc) is 2.78. The van der Waals surface area contributed by atoms with Crippen molar-refractivity contribution in [1.82, 2.24) is 19.7 Å². The van der Waals surface area contributed by atoms with Gasteiger partial charge in [-0.3, -0.25) is 4.68 Å². The van der Waals surface area contributed by atoms with Crippen molar-refractivity contribution in [3.8, 4) is 17.7 Å². The van der Waals surface area contributed by atoms with Gasteiger partial charge in [0.2, 0.25) is 5.88 Å². The molecule has 16 heavy (non-hydrogen) atoms. The molecule has 0 aliphatic rings. The molecule has 6 heteroatoms. The van der Waals surface area contributed by atoms with E-state index in [0.29, 0.717) is 11.6 Å². The van der Waals surface area contributed by atoms with Crippen LogP contribution < -0.4 is 4.74 Å². The molecule has 0 amide bonds. The zero-order valence-corrected chi connectivity index (χ0v) is 8.66. The van der Waals surface area contributed by atoms with Crippen LogP contribution >= 0.6 is 0 Å². The van der Waals surface area contributed by atoms with Crippen molar-refractivity contribution in [2.75, 3.05) is 0 Å². The summed E-state index contributed by atoms with van der Waals surface area (Å²) in [5.41, 5.74) is 0.261. The van der Waals surface area contributed by atoms with Crippen LogP contribution in [0.15, 0.2) is 24.8 Å². The molecule has 0 atom stereocenters. The Hall–Kier alpha value is -2.42. The quantitative estimate of drug-likeness (QED) is 0.772. The molecule has 2 aromatic heterocycles. The molecular formula is C10H9N5O. The lowest BCUT2D eigenvalue weighted by Gasteiger charge is -1.99. The highest BCUT2D eigenvalue weighted by Crippen LogP contribution is 2.16. The molecular weight excluding hydrogens is 206 g/mol. The van der Waals surface area contributed by atoms with E-state index in [9.17, 15) is 0 Å². The van der Waals surface area contributed by atoms with E-state index in [4.69, 9.17) is 10.00 Å². The first-order valence-electron chi connectivity index (χ1n) is 4.74. The minimum absolute atomic E-state index is 0.261. The second kappa shape index (κ2) is 4.40. The molecule has 6 nitrogen and oxygen atoms in total. The molecule has 0 saturated carbocycles. The van der Waals surface area contributed by atoms with Crippen LogP contribution in [0, 0.1) is 11.3 Å². The van der Waals surface area contributed by atoms with Gasteiger partial charge in [0.15, 0.2) is 11.4 Å². The Bertz CT molecular complexity index is 511. The van der Waals surface area contributed by atoms with E-state index in [1.165, 1.54) is 12.4 Å². The van der Waals surface area contributed by atoms with E-state index in [0.717, 1.165) is 6.54 Å². The van der Waals surface area contributed by atoms with Gasteiger partial charge in [0, 0.05) is 6.54 Å². The van der Waals surface area contributed by atoms with Crippen LogP contribution in [-0.2, 0) is 6.54 Å². The highest BCUT2D eigenvalue weighted by molar-refractivity contribution is 5.22. The van der Waals surface area contributed by atoms with Crippen LogP contribution in [-0.4, -0.2) is 19.7 Å². The van der Waals surface area contributed by atoms with Gasteiger partial charge in [-0.05, 0) is 6.92 Å². The summed E-state index contributed by atoms with van der Waals surface area (Å²) in [5, 5.41) is 12.6. The van der Waals surface area contributed by atoms with Crippen LogP contribution in [0.1, 0.15) is 12.6 Å². The fourth-order valence-electron chi connectivity index (χ4n) is 1.12. The molecule has 2 aromatic rings. The second-order valence-electron chi connectivity index (χ2n) is 2.99. The van der Waals surface area contributed by atoms with Gasteiger partial charge < -0.3 is 4.74 Å². The molecule has 0 spiro atoms. The first kappa shape index (κ1) is 10.1. The van der Waals surface area contributed by atoms with Gasteiger partial charge in [-0.15, -0.1) is 0 Å². The molecule has 0 fully saturated rings. The Morgan fingerprint density at radius 2 is 2.25 bits per heavy atom. The Labute approximate surface area is 92.1 Å². The Morgan fingerprint density at radius 1 is 1.38 bits per heavy atom. The topological polar surface area (TPSA) is 76.6 Å². The lowest BCUT2D eigenvalue weighted by molar-refractivity contribution is 0.459. The maximum atomic E-state index is 8.55. The smallest absolute Gasteiger partial charge is 0.238 e. The number of rotatable bonds is 3. The summed E-state index contributed by atoms with van der Waals surface area (Å²) in [4.78, 5) is 7.78. The van der Waals surface area contributed by atoms with Crippen molar-refractivity contribution in [1.29, 1.82) is 5.26 Å². The number of nitrogens with zero attached hydrogens (tertiary/aromatic N) is 5. The second-order valence-corrected chi connectivity index (χ2v) is 2.99. The number of hydrogen-bond acceptors (Lipinski definition) is 5. The van der Waals surface area contributed by atoms with Crippen molar-refractivity contribution in [2.24, 2.45) is 0 Å². The first-order valence-corrected chi connectivity index (χ1v) is 4.74. The number of hydrogen-bond donors (Lipinski definition) is 0. The monoisotopic (exact) mass is 215 g/mol. The van der Waals surface area contributed by atoms with Crippen molar-refractivity contribution >= 4 is 0 Å². The van der Waals surface area contributed by atoms with Crippen LogP contribution in [0.5, 0.6) is 11.6 Å². The summed E-state index contributed by atoms with van der Waals surface area (Å²) >= 11 is 0. The molecule has 0 bridgehead atoms. The lowest BCUT2D eigenvalue weighted by atomic mass is 10.5. The Morgan fingerprint density at radius 3 is 2.81 bits per heavy atom. The molecule has 2 heterocycles. The summed E-state index contributed by atoms with van der Waals surface area (Å²) in [6.07, 6.45) is 6.13. The molecule has 0 aliphatic heterocycles. The van der Waals surface area contributed by atoms with Crippen LogP contribution in [0.2, 0.25) is 0 Å². The maximum Gasteiger partial charge on any atom is 0.238 e. The van der Waals surface area contributed by atoms with Crippen LogP contribution in [0.3, 0.4) is 0 Å². The summed E-state index contributed by atoms with van der Waals surface area (Å²) in [6.45, 7) is 2.76. The maximum absolute atomic E-state index is 8.55. The van der Waals surface area contributed by atoms with Crippen molar-refractivity contribution in [3.05, 3.63) is 30.5 Å². The third kappa shape index (κ3) is 2.15. The highest BCUT2D eigenvalue weighted by atomic mass is 16.5. The predicted octanol–water partition coefficient (Wildman–Crippen LogP) is 1.36. The van der Waals surface area contributed by atoms with Gasteiger partial charge in [0.1, 0.15) is 6.07 Å². The minimum Gasteiger partial charge on any atom is -0.434 e. The molecule has 2 rings (SSSR count). The van der Waals surface area contributed by atoms with Gasteiger partial charge in [-0.2, -0.15) is 10.4 Å². The molecule has 0 aromatic carbocycles. The fourth-order valence-corrected chi connectivity index (χ4v) is 1.12. The predicted molar refractivity (Wildman–Crippen MR) is 54.7 cm³/mol. The van der Waals surface area contributed by atoms with Crippen molar-refractivity contribution < 1.29 is 4.74 Å². The van der Waals surface area contributed by atoms with Crippen molar-refractivity contribution in [3.63, 3.8) is 0 Å². The molecule has 0 saturated heterocycles. The largest absolute Gasteiger partial charge is 0.434 e. The van der Waals surface area contributed by atoms with Crippen molar-refractivity contribution in [2.45, 2.75) is 13.5 Å². The first-order chi connectivity index (χ1) is 7.81. The van der Waals surface area contributed by atoms with E-state index < -0.39 is 0 Å². The average molecular weight is 215 g/mol. The number of aromatic nitrogens is 4. The van der Waals surface area contributed by atoms with E-state index in [2.05, 4.69) is 15.1 Å². The Balaban J connectivity index is 2.11. The van der Waals surface area contributed by atoms with Gasteiger partial charge in [0.25, 0.3) is 0 Å². The summed E-state index contributed by atoms with van der Waals surface area (Å²) in [5.74, 6) is 0.940. The van der Waals surface area contributed by atoms with E-state index in [1.807, 2.05) is 13.0 Å². The summed E-state index contributed by atoms with van der Waals surface area (Å²) < 4.78 is 7.14. The van der Waals surface area contributed by atoms with E-state index >= 15 is 0 Å². The minimum atomic E-state index is 0.261. The number of aryl methyl sites for hydroxylation is 1. The third-order valence-corrected chi connectivity index (χ3v) is 1.90. The fraction of sp³-hybridized carbons (Fsp3) is 0.200. The van der Waals surface area contributed by atoms with Crippen LogP contribution in [0.4, 0.5) is 0 Å². The molecule has 0 unspecified atom stereocenters. The zero-order chi connectivity index (χ0) is 11.4. The molecule has 80 valence electrons. The standard InChI is InChI=1S/C10H9N5O/c1-2-15-7-9(5-14-15)16-10-6-12-8(3-11)4-13-10/h4-7H,2H2,1H3. The van der Waals surface area contributed by atoms with E-state index in [1.54, 1.807) is 17.1 Å². The zero-order valence-electron chi connectivity index (χ0n) is 8.66. The molecule has 0 N–H and O–H groups in total. The van der Waals surface area contributed by atoms with Gasteiger partial charge >= 0.3 is 0 Å². The van der Waals surface area contributed by atoms with Gasteiger partial charge in [-0.25, -0.2) is 9.97 Å². The summed E-state index contributed by atoms with van der Waals surface area (Å²) in [7, 11) is 0. The molecule has 0 aliphatic carbocycles.